The molecule has 1 unspecified atom stereocenters. The van der Waals surface area contributed by atoms with Crippen LogP contribution in [0.25, 0.3) is 10.8 Å². The molecule has 5 nitrogen and oxygen atoms in total. The lowest BCUT2D eigenvalue weighted by atomic mass is 10.0. The van der Waals surface area contributed by atoms with Gasteiger partial charge in [-0.3, -0.25) is 4.79 Å². The van der Waals surface area contributed by atoms with Crippen molar-refractivity contribution >= 4 is 22.8 Å². The summed E-state index contributed by atoms with van der Waals surface area (Å²) in [5.74, 6) is -0.168. The highest BCUT2D eigenvalue weighted by molar-refractivity contribution is 5.87. The summed E-state index contributed by atoms with van der Waals surface area (Å²) < 4.78 is 5.19. The van der Waals surface area contributed by atoms with Crippen LogP contribution >= 0.6 is 0 Å². The van der Waals surface area contributed by atoms with Crippen molar-refractivity contribution in [1.29, 1.82) is 0 Å². The van der Waals surface area contributed by atoms with E-state index in [1.807, 2.05) is 42.5 Å². The van der Waals surface area contributed by atoms with Crippen LogP contribution in [0.2, 0.25) is 0 Å². The molecule has 134 valence electrons. The number of likely N-dealkylation sites (N-methyl/N-ethyl adjacent to an activating group) is 1. The first-order valence-corrected chi connectivity index (χ1v) is 8.38. The minimum absolute atomic E-state index is 0.168. The Bertz CT molecular complexity index is 760. The van der Waals surface area contributed by atoms with Crippen molar-refractivity contribution < 1.29 is 14.3 Å². The molecule has 0 aliphatic carbocycles. The highest BCUT2D eigenvalue weighted by Gasteiger charge is 2.23. The molecule has 0 aliphatic heterocycles. The number of nitrogens with zero attached hydrogens (tertiary/aromatic N) is 1. The number of fused-ring (bicyclic) bond motifs is 1. The van der Waals surface area contributed by atoms with Crippen LogP contribution in [0.4, 0.5) is 4.79 Å². The number of rotatable bonds is 4. The van der Waals surface area contributed by atoms with Gasteiger partial charge < -0.3 is 15.0 Å². The van der Waals surface area contributed by atoms with E-state index in [4.69, 9.17) is 4.74 Å². The average molecular weight is 342 g/mol. The summed E-state index contributed by atoms with van der Waals surface area (Å²) in [5, 5.41) is 4.85. The van der Waals surface area contributed by atoms with Gasteiger partial charge in [-0.1, -0.05) is 42.5 Å². The normalized spacial score (nSPS) is 12.5. The van der Waals surface area contributed by atoms with Crippen molar-refractivity contribution in [2.24, 2.45) is 0 Å². The Kier molecular flexibility index (Phi) is 5.67. The summed E-state index contributed by atoms with van der Waals surface area (Å²) in [4.78, 5) is 26.0. The second-order valence-electron chi connectivity index (χ2n) is 7.20. The SMILES string of the molecule is CC(NC(=O)OC(C)(C)C)C(=O)N(C)Cc1cccc2ccccc12. The van der Waals surface area contributed by atoms with Gasteiger partial charge in [0.25, 0.3) is 0 Å². The third kappa shape index (κ3) is 5.21. The molecule has 0 aliphatic rings. The molecule has 0 radical (unpaired) electrons. The molecule has 0 saturated heterocycles. The first-order valence-electron chi connectivity index (χ1n) is 8.38. The monoisotopic (exact) mass is 342 g/mol. The number of nitrogens with one attached hydrogen (secondary N) is 1. The standard InChI is InChI=1S/C20H26N2O3/c1-14(21-19(24)25-20(2,3)4)18(23)22(5)13-16-11-8-10-15-9-6-7-12-17(15)16/h6-12,14H,13H2,1-5H3,(H,21,24). The average Bonchev–Trinajstić information content (AvgIpc) is 2.52. The molecule has 1 N–H and O–H groups in total. The third-order valence-electron chi connectivity index (χ3n) is 3.77. The van der Waals surface area contributed by atoms with Crippen molar-refractivity contribution in [3.05, 3.63) is 48.0 Å². The Morgan fingerprint density at radius 1 is 1.12 bits per heavy atom. The molecular weight excluding hydrogens is 316 g/mol. The quantitative estimate of drug-likeness (QED) is 0.921. The summed E-state index contributed by atoms with van der Waals surface area (Å²) in [5.41, 5.74) is 0.472. The van der Waals surface area contributed by atoms with Crippen LogP contribution in [-0.4, -0.2) is 35.6 Å². The molecular formula is C20H26N2O3. The van der Waals surface area contributed by atoms with Gasteiger partial charge in [0.1, 0.15) is 11.6 Å². The number of carbonyl (C=O) groups excluding carboxylic acids is 2. The minimum Gasteiger partial charge on any atom is -0.444 e. The van der Waals surface area contributed by atoms with Crippen LogP contribution in [0.5, 0.6) is 0 Å². The molecule has 2 aromatic rings. The van der Waals surface area contributed by atoms with Gasteiger partial charge in [0.05, 0.1) is 0 Å². The van der Waals surface area contributed by atoms with Crippen LogP contribution < -0.4 is 5.32 Å². The maximum atomic E-state index is 12.5. The molecule has 25 heavy (non-hydrogen) atoms. The second kappa shape index (κ2) is 7.55. The lowest BCUT2D eigenvalue weighted by Gasteiger charge is -2.25. The predicted octanol–water partition coefficient (Wildman–Crippen LogP) is 3.71. The first-order chi connectivity index (χ1) is 11.7. The van der Waals surface area contributed by atoms with Crippen LogP contribution in [0, 0.1) is 0 Å². The van der Waals surface area contributed by atoms with E-state index < -0.39 is 17.7 Å². The van der Waals surface area contributed by atoms with Crippen molar-refractivity contribution in [2.75, 3.05) is 7.05 Å². The van der Waals surface area contributed by atoms with Crippen LogP contribution in [-0.2, 0) is 16.1 Å². The van der Waals surface area contributed by atoms with Crippen molar-refractivity contribution in [1.82, 2.24) is 10.2 Å². The zero-order valence-corrected chi connectivity index (χ0v) is 15.5. The zero-order valence-electron chi connectivity index (χ0n) is 15.5. The Labute approximate surface area is 149 Å². The molecule has 2 aromatic carbocycles. The lowest BCUT2D eigenvalue weighted by molar-refractivity contribution is -0.132. The number of alkyl carbamates (subject to hydrolysis) is 1. The zero-order chi connectivity index (χ0) is 18.6. The van der Waals surface area contributed by atoms with E-state index >= 15 is 0 Å². The highest BCUT2D eigenvalue weighted by atomic mass is 16.6. The van der Waals surface area contributed by atoms with Gasteiger partial charge in [0, 0.05) is 13.6 Å². The number of carbonyl (C=O) groups is 2. The van der Waals surface area contributed by atoms with Crippen molar-refractivity contribution in [3.8, 4) is 0 Å². The van der Waals surface area contributed by atoms with E-state index in [1.165, 1.54) is 0 Å². The van der Waals surface area contributed by atoms with Crippen LogP contribution in [0.1, 0.15) is 33.3 Å². The molecule has 0 saturated carbocycles. The second-order valence-corrected chi connectivity index (χ2v) is 7.20. The Morgan fingerprint density at radius 2 is 1.76 bits per heavy atom. The summed E-state index contributed by atoms with van der Waals surface area (Å²) in [6.45, 7) is 7.48. The molecule has 0 fully saturated rings. The highest BCUT2D eigenvalue weighted by Crippen LogP contribution is 2.19. The number of hydrogen-bond acceptors (Lipinski definition) is 3. The van der Waals surface area contributed by atoms with Gasteiger partial charge in [-0.15, -0.1) is 0 Å². The molecule has 0 aromatic heterocycles. The van der Waals surface area contributed by atoms with Crippen molar-refractivity contribution in [3.63, 3.8) is 0 Å². The maximum Gasteiger partial charge on any atom is 0.408 e. The van der Waals surface area contributed by atoms with E-state index in [0.29, 0.717) is 6.54 Å². The van der Waals surface area contributed by atoms with E-state index in [9.17, 15) is 9.59 Å². The fourth-order valence-corrected chi connectivity index (χ4v) is 2.64. The summed E-state index contributed by atoms with van der Waals surface area (Å²) >= 11 is 0. The van der Waals surface area contributed by atoms with Crippen LogP contribution in [0.15, 0.2) is 42.5 Å². The molecule has 5 heteroatoms. The fourth-order valence-electron chi connectivity index (χ4n) is 2.64. The summed E-state index contributed by atoms with van der Waals surface area (Å²) in [6.07, 6.45) is -0.591. The van der Waals surface area contributed by atoms with E-state index in [1.54, 1.807) is 39.6 Å². The molecule has 2 amide bonds. The Morgan fingerprint density at radius 3 is 2.44 bits per heavy atom. The van der Waals surface area contributed by atoms with Crippen molar-refractivity contribution in [2.45, 2.75) is 45.9 Å². The smallest absolute Gasteiger partial charge is 0.408 e. The van der Waals surface area contributed by atoms with Gasteiger partial charge in [-0.25, -0.2) is 4.79 Å². The Hall–Kier alpha value is -2.56. The van der Waals surface area contributed by atoms with Crippen LogP contribution in [0.3, 0.4) is 0 Å². The van der Waals surface area contributed by atoms with E-state index in [0.717, 1.165) is 16.3 Å². The molecule has 0 bridgehead atoms. The van der Waals surface area contributed by atoms with Gasteiger partial charge in [0.2, 0.25) is 5.91 Å². The molecule has 2 rings (SSSR count). The van der Waals surface area contributed by atoms with Gasteiger partial charge in [-0.2, -0.15) is 0 Å². The Balaban J connectivity index is 2.03. The minimum atomic E-state index is -0.658. The summed E-state index contributed by atoms with van der Waals surface area (Å²) in [7, 11) is 1.73. The first kappa shape index (κ1) is 18.8. The third-order valence-corrected chi connectivity index (χ3v) is 3.77. The predicted molar refractivity (Wildman–Crippen MR) is 99.3 cm³/mol. The van der Waals surface area contributed by atoms with Gasteiger partial charge in [-0.05, 0) is 44.0 Å². The van der Waals surface area contributed by atoms with E-state index in [2.05, 4.69) is 5.32 Å². The lowest BCUT2D eigenvalue weighted by Crippen LogP contribution is -2.46. The molecule has 1 atom stereocenters. The number of amides is 2. The van der Waals surface area contributed by atoms with Gasteiger partial charge >= 0.3 is 6.09 Å². The molecule has 0 spiro atoms. The maximum absolute atomic E-state index is 12.5. The van der Waals surface area contributed by atoms with Gasteiger partial charge in [0.15, 0.2) is 0 Å². The number of hydrogen-bond donors (Lipinski definition) is 1. The fraction of sp³-hybridized carbons (Fsp3) is 0.400. The van der Waals surface area contributed by atoms with E-state index in [-0.39, 0.29) is 5.91 Å². The topological polar surface area (TPSA) is 58.6 Å². The number of ether oxygens (including phenoxy) is 1. The number of benzene rings is 2. The molecule has 0 heterocycles. The summed E-state index contributed by atoms with van der Waals surface area (Å²) in [6, 6.07) is 13.5. The largest absolute Gasteiger partial charge is 0.444 e.